The van der Waals surface area contributed by atoms with Crippen molar-refractivity contribution >= 4 is 11.3 Å². The first kappa shape index (κ1) is 12.2. The highest BCUT2D eigenvalue weighted by molar-refractivity contribution is 7.09. The minimum Gasteiger partial charge on any atom is -0.386 e. The van der Waals surface area contributed by atoms with E-state index in [1.54, 1.807) is 11.3 Å². The van der Waals surface area contributed by atoms with Gasteiger partial charge in [-0.25, -0.2) is 14.6 Å². The predicted octanol–water partition coefficient (Wildman–Crippen LogP) is 1.90. The Balaban J connectivity index is 2.13. The van der Waals surface area contributed by atoms with Crippen molar-refractivity contribution in [3.8, 4) is 0 Å². The molecule has 0 aromatic carbocycles. The topological polar surface area (TPSA) is 63.8 Å². The summed E-state index contributed by atoms with van der Waals surface area (Å²) in [4.78, 5) is 8.45. The standard InChI is InChI=1S/C11H16N4OS/c1-7(2)15-11(12-6-13-15)4-10(16)9-5-17-8(3)14-9/h5-7,10,16H,4H2,1-3H3. The highest BCUT2D eigenvalue weighted by Gasteiger charge is 2.16. The van der Waals surface area contributed by atoms with Gasteiger partial charge in [0.05, 0.1) is 10.7 Å². The fourth-order valence-corrected chi connectivity index (χ4v) is 2.32. The molecule has 6 heteroatoms. The molecule has 2 rings (SSSR count). The van der Waals surface area contributed by atoms with Crippen LogP contribution in [0.3, 0.4) is 0 Å². The summed E-state index contributed by atoms with van der Waals surface area (Å²) in [5.41, 5.74) is 0.714. The van der Waals surface area contributed by atoms with Crippen LogP contribution in [0.25, 0.3) is 0 Å². The third-order valence-corrected chi connectivity index (χ3v) is 3.28. The maximum atomic E-state index is 10.1. The van der Waals surface area contributed by atoms with Crippen LogP contribution >= 0.6 is 11.3 Å². The molecule has 0 aliphatic rings. The fraction of sp³-hybridized carbons (Fsp3) is 0.545. The quantitative estimate of drug-likeness (QED) is 0.902. The van der Waals surface area contributed by atoms with E-state index in [4.69, 9.17) is 0 Å². The van der Waals surface area contributed by atoms with Gasteiger partial charge in [-0.05, 0) is 20.8 Å². The van der Waals surface area contributed by atoms with Crippen molar-refractivity contribution in [2.24, 2.45) is 0 Å². The largest absolute Gasteiger partial charge is 0.386 e. The van der Waals surface area contributed by atoms with E-state index in [0.29, 0.717) is 12.1 Å². The average Bonchev–Trinajstić information content (AvgIpc) is 2.86. The predicted molar refractivity (Wildman–Crippen MR) is 65.9 cm³/mol. The number of thiazole rings is 1. The van der Waals surface area contributed by atoms with Crippen LogP contribution < -0.4 is 0 Å². The van der Waals surface area contributed by atoms with E-state index in [1.165, 1.54) is 6.33 Å². The molecule has 0 spiro atoms. The summed E-state index contributed by atoms with van der Waals surface area (Å²) in [5.74, 6) is 0.790. The summed E-state index contributed by atoms with van der Waals surface area (Å²) in [5, 5.41) is 17.1. The molecule has 0 saturated heterocycles. The molecule has 5 nitrogen and oxygen atoms in total. The number of aliphatic hydroxyl groups excluding tert-OH is 1. The van der Waals surface area contributed by atoms with E-state index in [9.17, 15) is 5.11 Å². The van der Waals surface area contributed by atoms with Gasteiger partial charge in [0.15, 0.2) is 0 Å². The number of hydrogen-bond acceptors (Lipinski definition) is 5. The van der Waals surface area contributed by atoms with E-state index >= 15 is 0 Å². The van der Waals surface area contributed by atoms with Crippen LogP contribution in [-0.4, -0.2) is 24.9 Å². The number of hydrogen-bond donors (Lipinski definition) is 1. The SMILES string of the molecule is Cc1nc(C(O)Cc2ncnn2C(C)C)cs1. The molecule has 0 fully saturated rings. The Kier molecular flexibility index (Phi) is 3.54. The Morgan fingerprint density at radius 3 is 2.82 bits per heavy atom. The molecule has 1 N–H and O–H groups in total. The molecule has 0 aliphatic heterocycles. The van der Waals surface area contributed by atoms with Crippen molar-refractivity contribution in [2.45, 2.75) is 39.3 Å². The van der Waals surface area contributed by atoms with Crippen molar-refractivity contribution in [1.29, 1.82) is 0 Å². The molecule has 1 unspecified atom stereocenters. The second-order valence-corrected chi connectivity index (χ2v) is 5.29. The number of aryl methyl sites for hydroxylation is 1. The maximum absolute atomic E-state index is 10.1. The Morgan fingerprint density at radius 1 is 1.47 bits per heavy atom. The Bertz CT molecular complexity index is 491. The molecule has 2 heterocycles. The first-order valence-electron chi connectivity index (χ1n) is 5.56. The van der Waals surface area contributed by atoms with Crippen molar-refractivity contribution < 1.29 is 5.11 Å². The first-order chi connectivity index (χ1) is 8.08. The lowest BCUT2D eigenvalue weighted by Gasteiger charge is -2.11. The molecule has 0 aliphatic carbocycles. The van der Waals surface area contributed by atoms with Crippen LogP contribution in [0.4, 0.5) is 0 Å². The van der Waals surface area contributed by atoms with Gasteiger partial charge in [0.25, 0.3) is 0 Å². The molecule has 0 amide bonds. The van der Waals surface area contributed by atoms with Crippen LogP contribution in [0.5, 0.6) is 0 Å². The second-order valence-electron chi connectivity index (χ2n) is 4.23. The van der Waals surface area contributed by atoms with Crippen molar-refractivity contribution in [2.75, 3.05) is 0 Å². The van der Waals surface area contributed by atoms with E-state index in [0.717, 1.165) is 10.8 Å². The molecule has 2 aromatic heterocycles. The summed E-state index contributed by atoms with van der Waals surface area (Å²) in [6, 6.07) is 0.247. The van der Waals surface area contributed by atoms with Gasteiger partial charge in [-0.3, -0.25) is 0 Å². The maximum Gasteiger partial charge on any atom is 0.138 e. The van der Waals surface area contributed by atoms with Crippen LogP contribution in [0.15, 0.2) is 11.7 Å². The van der Waals surface area contributed by atoms with Crippen LogP contribution in [-0.2, 0) is 6.42 Å². The van der Waals surface area contributed by atoms with Crippen molar-refractivity contribution in [1.82, 2.24) is 19.7 Å². The minimum absolute atomic E-state index is 0.247. The first-order valence-corrected chi connectivity index (χ1v) is 6.44. The molecule has 0 saturated carbocycles. The lowest BCUT2D eigenvalue weighted by molar-refractivity contribution is 0.169. The monoisotopic (exact) mass is 252 g/mol. The number of rotatable bonds is 4. The number of nitrogens with zero attached hydrogens (tertiary/aromatic N) is 4. The van der Waals surface area contributed by atoms with E-state index in [1.807, 2.05) is 30.8 Å². The zero-order chi connectivity index (χ0) is 12.4. The molecule has 0 radical (unpaired) electrons. The van der Waals surface area contributed by atoms with Crippen LogP contribution in [0.2, 0.25) is 0 Å². The second kappa shape index (κ2) is 4.93. The van der Waals surface area contributed by atoms with Gasteiger partial charge in [-0.2, -0.15) is 5.10 Å². The lowest BCUT2D eigenvalue weighted by Crippen LogP contribution is -2.12. The molecule has 0 bridgehead atoms. The molecule has 92 valence electrons. The van der Waals surface area contributed by atoms with Gasteiger partial charge in [0, 0.05) is 17.8 Å². The highest BCUT2D eigenvalue weighted by Crippen LogP contribution is 2.20. The van der Waals surface area contributed by atoms with E-state index in [2.05, 4.69) is 15.1 Å². The highest BCUT2D eigenvalue weighted by atomic mass is 32.1. The molecular weight excluding hydrogens is 236 g/mol. The molecule has 17 heavy (non-hydrogen) atoms. The third-order valence-electron chi connectivity index (χ3n) is 2.49. The Hall–Kier alpha value is -1.27. The molecule has 2 aromatic rings. The van der Waals surface area contributed by atoms with E-state index in [-0.39, 0.29) is 6.04 Å². The van der Waals surface area contributed by atoms with Gasteiger partial charge >= 0.3 is 0 Å². The summed E-state index contributed by atoms with van der Waals surface area (Å²) >= 11 is 1.54. The number of aromatic nitrogens is 4. The summed E-state index contributed by atoms with van der Waals surface area (Å²) in [7, 11) is 0. The number of aliphatic hydroxyl groups is 1. The third kappa shape index (κ3) is 2.70. The molecular formula is C11H16N4OS. The average molecular weight is 252 g/mol. The van der Waals surface area contributed by atoms with Crippen molar-refractivity contribution in [3.05, 3.63) is 28.2 Å². The Morgan fingerprint density at radius 2 is 2.24 bits per heavy atom. The minimum atomic E-state index is -0.610. The molecule has 1 atom stereocenters. The zero-order valence-electron chi connectivity index (χ0n) is 10.2. The fourth-order valence-electron chi connectivity index (χ4n) is 1.66. The summed E-state index contributed by atoms with van der Waals surface area (Å²) in [6.45, 7) is 6.01. The smallest absolute Gasteiger partial charge is 0.138 e. The van der Waals surface area contributed by atoms with E-state index < -0.39 is 6.10 Å². The van der Waals surface area contributed by atoms with Gasteiger partial charge in [0.2, 0.25) is 0 Å². The van der Waals surface area contributed by atoms with Crippen LogP contribution in [0, 0.1) is 6.92 Å². The van der Waals surface area contributed by atoms with Crippen molar-refractivity contribution in [3.63, 3.8) is 0 Å². The summed E-state index contributed by atoms with van der Waals surface area (Å²) in [6.07, 6.45) is 1.36. The summed E-state index contributed by atoms with van der Waals surface area (Å²) < 4.78 is 1.82. The van der Waals surface area contributed by atoms with Gasteiger partial charge in [-0.15, -0.1) is 11.3 Å². The van der Waals surface area contributed by atoms with Gasteiger partial charge in [-0.1, -0.05) is 0 Å². The van der Waals surface area contributed by atoms with Gasteiger partial charge in [0.1, 0.15) is 18.3 Å². The van der Waals surface area contributed by atoms with Crippen LogP contribution in [0.1, 0.15) is 42.5 Å². The Labute approximate surface area is 104 Å². The van der Waals surface area contributed by atoms with Gasteiger partial charge < -0.3 is 5.11 Å². The lowest BCUT2D eigenvalue weighted by atomic mass is 10.2. The normalized spacial score (nSPS) is 13.2. The zero-order valence-corrected chi connectivity index (χ0v) is 11.0.